The third-order valence-electron chi connectivity index (χ3n) is 6.70. The molecule has 188 valence electrons. The molecule has 0 aromatic heterocycles. The fraction of sp³-hybridized carbons (Fsp3) is 0.323. The van der Waals surface area contributed by atoms with E-state index in [0.717, 1.165) is 24.0 Å². The maximum absolute atomic E-state index is 12.1. The van der Waals surface area contributed by atoms with Gasteiger partial charge < -0.3 is 19.9 Å². The summed E-state index contributed by atoms with van der Waals surface area (Å²) in [5.74, 6) is 1.20. The van der Waals surface area contributed by atoms with Crippen molar-refractivity contribution < 1.29 is 14.6 Å². The average Bonchev–Trinajstić information content (AvgIpc) is 3.38. The molecule has 3 aromatic rings. The van der Waals surface area contributed by atoms with Crippen molar-refractivity contribution in [3.8, 4) is 11.5 Å². The third-order valence-corrected chi connectivity index (χ3v) is 6.70. The van der Waals surface area contributed by atoms with Crippen LogP contribution in [0.4, 0.5) is 0 Å². The van der Waals surface area contributed by atoms with E-state index in [1.54, 1.807) is 13.3 Å². The molecule has 5 heteroatoms. The molecule has 3 aromatic carbocycles. The fourth-order valence-electron chi connectivity index (χ4n) is 5.00. The number of nitrogens with zero attached hydrogens (tertiary/aromatic N) is 1. The molecule has 36 heavy (non-hydrogen) atoms. The van der Waals surface area contributed by atoms with Crippen molar-refractivity contribution in [2.45, 2.75) is 50.0 Å². The lowest BCUT2D eigenvalue weighted by Crippen LogP contribution is -2.60. The van der Waals surface area contributed by atoms with Crippen LogP contribution in [0.15, 0.2) is 102 Å². The molecule has 0 fully saturated rings. The van der Waals surface area contributed by atoms with Gasteiger partial charge in [-0.05, 0) is 42.7 Å². The van der Waals surface area contributed by atoms with Crippen molar-refractivity contribution in [2.75, 3.05) is 13.7 Å². The molecule has 3 atom stereocenters. The molecular weight excluding hydrogens is 448 g/mol. The average molecular weight is 485 g/mol. The lowest BCUT2D eigenvalue weighted by Gasteiger charge is -2.43. The highest BCUT2D eigenvalue weighted by molar-refractivity contribution is 5.75. The summed E-state index contributed by atoms with van der Waals surface area (Å²) in [7, 11) is 1.62. The zero-order valence-corrected chi connectivity index (χ0v) is 21.3. The van der Waals surface area contributed by atoms with Gasteiger partial charge in [-0.3, -0.25) is 4.99 Å². The van der Waals surface area contributed by atoms with E-state index in [-0.39, 0.29) is 12.6 Å². The first-order chi connectivity index (χ1) is 17.5. The van der Waals surface area contributed by atoms with E-state index in [0.29, 0.717) is 11.5 Å². The maximum Gasteiger partial charge on any atom is 0.161 e. The molecule has 1 aliphatic rings. The van der Waals surface area contributed by atoms with Gasteiger partial charge in [0.1, 0.15) is 11.1 Å². The predicted octanol–water partition coefficient (Wildman–Crippen LogP) is 5.75. The molecular formula is C31H36N2O3. The first-order valence-corrected chi connectivity index (χ1v) is 12.6. The number of aliphatic imine (C=N–C) groups is 1. The van der Waals surface area contributed by atoms with Gasteiger partial charge in [0.15, 0.2) is 17.6 Å². The van der Waals surface area contributed by atoms with Gasteiger partial charge in [-0.15, -0.1) is 0 Å². The summed E-state index contributed by atoms with van der Waals surface area (Å²) in [6, 6.07) is 28.0. The number of aliphatic hydroxyl groups is 1. The summed E-state index contributed by atoms with van der Waals surface area (Å²) in [5.41, 5.74) is 0.298. The molecule has 5 nitrogen and oxygen atoms in total. The van der Waals surface area contributed by atoms with Crippen LogP contribution in [0, 0.1) is 0 Å². The first kappa shape index (κ1) is 25.7. The van der Waals surface area contributed by atoms with Gasteiger partial charge in [-0.2, -0.15) is 0 Å². The summed E-state index contributed by atoms with van der Waals surface area (Å²) in [6.07, 6.45) is 6.78. The smallest absolute Gasteiger partial charge is 0.161 e. The lowest BCUT2D eigenvalue weighted by atomic mass is 9.79. The topological polar surface area (TPSA) is 63.1 Å². The summed E-state index contributed by atoms with van der Waals surface area (Å²) in [4.78, 5) is 4.83. The van der Waals surface area contributed by atoms with E-state index < -0.39 is 17.2 Å². The normalized spacial score (nSPS) is 19.2. The van der Waals surface area contributed by atoms with E-state index in [2.05, 4.69) is 42.6 Å². The van der Waals surface area contributed by atoms with Gasteiger partial charge in [0, 0.05) is 12.8 Å². The largest absolute Gasteiger partial charge is 0.493 e. The number of para-hydroxylation sites is 2. The number of hydrogen-bond donors (Lipinski definition) is 2. The minimum Gasteiger partial charge on any atom is -0.493 e. The molecule has 0 saturated heterocycles. The van der Waals surface area contributed by atoms with Crippen molar-refractivity contribution in [1.82, 2.24) is 5.32 Å². The molecule has 3 unspecified atom stereocenters. The Morgan fingerprint density at radius 2 is 1.50 bits per heavy atom. The van der Waals surface area contributed by atoms with E-state index in [1.165, 1.54) is 0 Å². The summed E-state index contributed by atoms with van der Waals surface area (Å²) < 4.78 is 12.2. The highest BCUT2D eigenvalue weighted by Gasteiger charge is 2.49. The number of hydrogen-bond acceptors (Lipinski definition) is 5. The molecule has 4 rings (SSSR count). The second-order valence-electron chi connectivity index (χ2n) is 9.52. The molecule has 1 heterocycles. The number of nitrogens with one attached hydrogen (secondary N) is 1. The van der Waals surface area contributed by atoms with E-state index >= 15 is 0 Å². The molecule has 0 radical (unpaired) electrons. The zero-order valence-electron chi connectivity index (χ0n) is 21.3. The Bertz CT molecular complexity index is 1110. The number of methoxy groups -OCH3 is 1. The number of ether oxygens (including phenoxy) is 2. The zero-order chi connectivity index (χ0) is 25.4. The van der Waals surface area contributed by atoms with Gasteiger partial charge in [0.05, 0.1) is 13.2 Å². The van der Waals surface area contributed by atoms with E-state index in [9.17, 15) is 5.11 Å². The van der Waals surface area contributed by atoms with Crippen LogP contribution in [0.25, 0.3) is 0 Å². The second kappa shape index (κ2) is 11.5. The van der Waals surface area contributed by atoms with E-state index in [1.807, 2.05) is 73.7 Å². The molecule has 0 bridgehead atoms. The van der Waals surface area contributed by atoms with Crippen molar-refractivity contribution in [1.29, 1.82) is 0 Å². The lowest BCUT2D eigenvalue weighted by molar-refractivity contribution is -0.0735. The van der Waals surface area contributed by atoms with Crippen molar-refractivity contribution >= 4 is 6.21 Å². The van der Waals surface area contributed by atoms with Crippen LogP contribution in [0.3, 0.4) is 0 Å². The molecule has 2 N–H and O–H groups in total. The SMILES string of the molecule is CCCC1(C(Oc2ccccc2OC)C(C)(O)CNC(c2ccccc2)c2ccccc2)C=CC=N1. The summed E-state index contributed by atoms with van der Waals surface area (Å²) in [5, 5.41) is 15.7. The summed E-state index contributed by atoms with van der Waals surface area (Å²) >= 11 is 0. The highest BCUT2D eigenvalue weighted by Crippen LogP contribution is 2.39. The Kier molecular flexibility index (Phi) is 8.24. The van der Waals surface area contributed by atoms with Crippen molar-refractivity contribution in [3.05, 3.63) is 108 Å². The standard InChI is InChI=1S/C31H36N2O3/c1-4-20-31(21-13-22-33-31)29(36-27-19-12-11-18-26(27)35-3)30(2,34)23-32-28(24-14-7-5-8-15-24)25-16-9-6-10-17-25/h5-19,21-22,28-29,32,34H,4,20,23H2,1-3H3. The quantitative estimate of drug-likeness (QED) is 0.343. The third kappa shape index (κ3) is 5.69. The second-order valence-corrected chi connectivity index (χ2v) is 9.52. The van der Waals surface area contributed by atoms with Crippen LogP contribution in [-0.2, 0) is 0 Å². The molecule has 1 aliphatic heterocycles. The maximum atomic E-state index is 12.1. The number of allylic oxidation sites excluding steroid dienone is 1. The van der Waals surface area contributed by atoms with Gasteiger partial charge >= 0.3 is 0 Å². The van der Waals surface area contributed by atoms with Crippen LogP contribution in [-0.4, -0.2) is 42.2 Å². The van der Waals surface area contributed by atoms with Crippen LogP contribution in [0.2, 0.25) is 0 Å². The van der Waals surface area contributed by atoms with Crippen LogP contribution >= 0.6 is 0 Å². The number of rotatable bonds is 12. The van der Waals surface area contributed by atoms with Crippen molar-refractivity contribution in [3.63, 3.8) is 0 Å². The highest BCUT2D eigenvalue weighted by atomic mass is 16.5. The Morgan fingerprint density at radius 3 is 2.03 bits per heavy atom. The molecule has 0 aliphatic carbocycles. The fourth-order valence-corrected chi connectivity index (χ4v) is 5.00. The molecule has 0 spiro atoms. The Labute approximate surface area is 214 Å². The van der Waals surface area contributed by atoms with Gasteiger partial charge in [-0.25, -0.2) is 0 Å². The van der Waals surface area contributed by atoms with Gasteiger partial charge in [0.2, 0.25) is 0 Å². The Hall–Kier alpha value is -3.41. The Balaban J connectivity index is 1.67. The van der Waals surface area contributed by atoms with Crippen LogP contribution in [0.5, 0.6) is 11.5 Å². The minimum absolute atomic E-state index is 0.0875. The van der Waals surface area contributed by atoms with Crippen LogP contribution < -0.4 is 14.8 Å². The van der Waals surface area contributed by atoms with Gasteiger partial charge in [-0.1, -0.05) is 92.2 Å². The Morgan fingerprint density at radius 1 is 0.917 bits per heavy atom. The predicted molar refractivity (Wildman–Crippen MR) is 146 cm³/mol. The van der Waals surface area contributed by atoms with E-state index in [4.69, 9.17) is 14.5 Å². The first-order valence-electron chi connectivity index (χ1n) is 12.6. The van der Waals surface area contributed by atoms with Gasteiger partial charge in [0.25, 0.3) is 0 Å². The molecule has 0 amide bonds. The van der Waals surface area contributed by atoms with Crippen molar-refractivity contribution in [2.24, 2.45) is 4.99 Å². The minimum atomic E-state index is -1.27. The van der Waals surface area contributed by atoms with Crippen LogP contribution in [0.1, 0.15) is 43.9 Å². The number of benzene rings is 3. The summed E-state index contributed by atoms with van der Waals surface area (Å²) in [6.45, 7) is 4.24. The monoisotopic (exact) mass is 484 g/mol. The molecule has 0 saturated carbocycles.